The van der Waals surface area contributed by atoms with E-state index >= 15 is 4.39 Å². The van der Waals surface area contributed by atoms with Gasteiger partial charge in [-0.05, 0) is 30.5 Å². The third kappa shape index (κ3) is 7.09. The molecule has 0 radical (unpaired) electrons. The fourth-order valence-corrected chi connectivity index (χ4v) is 8.10. The molecule has 2 amide bonds. The fourth-order valence-electron chi connectivity index (χ4n) is 6.04. The number of fused-ring (bicyclic) bond motifs is 2. The second kappa shape index (κ2) is 14.8. The Morgan fingerprint density at radius 1 is 1.19 bits per heavy atom. The van der Waals surface area contributed by atoms with E-state index in [1.165, 1.54) is 29.3 Å². The molecule has 0 aliphatic carbocycles. The standard InChI is InChI=1S/C31H32FN5O7S2.Na.H/c1-2-35-13-21(28(40)20-11-22(32)25(12-24(20)35)36-7-5-34(17-38)6-8-36)31(43)44-15-18-16-46-29-23(14-37(29)27(18)30(41)42)33-26(39)10-19-4-3-9-45-19;;/h3-4,9,11-13,17,23,29H,2,5-8,10,14-16H2,1H3,(H,33,39)(H,41,42);;/t23?,29-;;/m1../s1. The van der Waals surface area contributed by atoms with E-state index in [4.69, 9.17) is 4.74 Å². The number of amides is 2. The number of carbonyl (C=O) groups excluding carboxylic acids is 3. The number of hydrogen-bond acceptors (Lipinski definition) is 10. The van der Waals surface area contributed by atoms with E-state index < -0.39 is 23.2 Å². The molecule has 2 N–H and O–H groups in total. The number of nitrogens with one attached hydrogen (secondary N) is 1. The number of aryl methyl sites for hydroxylation is 1. The van der Waals surface area contributed by atoms with Gasteiger partial charge >= 0.3 is 41.5 Å². The summed E-state index contributed by atoms with van der Waals surface area (Å²) in [5, 5.41) is 14.7. The van der Waals surface area contributed by atoms with Gasteiger partial charge in [0.25, 0.3) is 0 Å². The van der Waals surface area contributed by atoms with Crippen molar-refractivity contribution in [2.75, 3.05) is 50.0 Å². The van der Waals surface area contributed by atoms with Crippen LogP contribution in [-0.4, -0.2) is 130 Å². The Balaban J connectivity index is 0.00000433. The third-order valence-corrected chi connectivity index (χ3v) is 10.8. The van der Waals surface area contributed by atoms with Crippen molar-refractivity contribution in [2.24, 2.45) is 0 Å². The zero-order chi connectivity index (χ0) is 32.5. The van der Waals surface area contributed by atoms with Crippen molar-refractivity contribution in [1.82, 2.24) is 19.7 Å². The second-order valence-corrected chi connectivity index (χ2v) is 13.4. The Morgan fingerprint density at radius 2 is 1.96 bits per heavy atom. The molecular weight excluding hydrogens is 660 g/mol. The summed E-state index contributed by atoms with van der Waals surface area (Å²) in [6.07, 6.45) is 2.41. The number of carboxylic acids is 1. The second-order valence-electron chi connectivity index (χ2n) is 11.2. The van der Waals surface area contributed by atoms with E-state index in [1.54, 1.807) is 20.4 Å². The van der Waals surface area contributed by atoms with Gasteiger partial charge in [-0.25, -0.2) is 14.0 Å². The van der Waals surface area contributed by atoms with E-state index in [9.17, 15) is 29.1 Å². The van der Waals surface area contributed by atoms with Crippen molar-refractivity contribution >= 4 is 93.5 Å². The number of hydrogen-bond donors (Lipinski definition) is 2. The number of carboxylic acid groups (broad SMARTS) is 1. The Bertz CT molecular complexity index is 1790. The van der Waals surface area contributed by atoms with Crippen LogP contribution in [0.25, 0.3) is 10.9 Å². The molecule has 1 unspecified atom stereocenters. The predicted octanol–water partition coefficient (Wildman–Crippen LogP) is 1.46. The van der Waals surface area contributed by atoms with E-state index in [0.717, 1.165) is 17.4 Å². The number of rotatable bonds is 10. The van der Waals surface area contributed by atoms with Gasteiger partial charge < -0.3 is 34.4 Å². The van der Waals surface area contributed by atoms with Crippen LogP contribution in [0.5, 0.6) is 0 Å². The van der Waals surface area contributed by atoms with Gasteiger partial charge in [-0.1, -0.05) is 6.07 Å². The van der Waals surface area contributed by atoms with Crippen molar-refractivity contribution < 1.29 is 33.4 Å². The number of ether oxygens (including phenoxy) is 1. The van der Waals surface area contributed by atoms with Crippen molar-refractivity contribution in [3.63, 3.8) is 0 Å². The predicted molar refractivity (Wildman–Crippen MR) is 179 cm³/mol. The quantitative estimate of drug-likeness (QED) is 0.182. The van der Waals surface area contributed by atoms with E-state index in [0.29, 0.717) is 56.0 Å². The van der Waals surface area contributed by atoms with Crippen molar-refractivity contribution in [2.45, 2.75) is 31.3 Å². The van der Waals surface area contributed by atoms with Gasteiger partial charge in [-0.3, -0.25) is 14.4 Å². The van der Waals surface area contributed by atoms with Gasteiger partial charge in [-0.2, -0.15) is 0 Å². The Labute approximate surface area is 299 Å². The molecule has 6 rings (SSSR count). The maximum atomic E-state index is 15.3. The van der Waals surface area contributed by atoms with Crippen molar-refractivity contribution in [3.05, 3.63) is 73.6 Å². The van der Waals surface area contributed by atoms with Gasteiger partial charge in [-0.15, -0.1) is 23.1 Å². The van der Waals surface area contributed by atoms with Crippen molar-refractivity contribution in [3.8, 4) is 0 Å². The number of carbonyl (C=O) groups is 4. The van der Waals surface area contributed by atoms with Crippen LogP contribution in [0, 0.1) is 5.82 Å². The number of halogens is 1. The third-order valence-electron chi connectivity index (χ3n) is 8.45. The molecule has 2 fully saturated rings. The molecule has 47 heavy (non-hydrogen) atoms. The molecule has 0 saturated carbocycles. The molecule has 2 atom stereocenters. The van der Waals surface area contributed by atoms with E-state index in [2.05, 4.69) is 5.32 Å². The van der Waals surface area contributed by atoms with Gasteiger partial charge in [0.1, 0.15) is 23.7 Å². The summed E-state index contributed by atoms with van der Waals surface area (Å²) in [5.41, 5.74) is 0.207. The van der Waals surface area contributed by atoms with Crippen molar-refractivity contribution in [1.29, 1.82) is 0 Å². The molecule has 12 nitrogen and oxygen atoms in total. The molecular formula is C31H33FN5NaO7S2. The van der Waals surface area contributed by atoms with Crippen LogP contribution in [0.3, 0.4) is 0 Å². The molecule has 5 heterocycles. The topological polar surface area (TPSA) is 141 Å². The van der Waals surface area contributed by atoms with Gasteiger partial charge in [0.2, 0.25) is 17.7 Å². The summed E-state index contributed by atoms with van der Waals surface area (Å²) in [6.45, 7) is 3.97. The summed E-state index contributed by atoms with van der Waals surface area (Å²) in [6, 6.07) is 6.26. The summed E-state index contributed by atoms with van der Waals surface area (Å²) in [7, 11) is 0. The molecule has 3 aromatic rings. The van der Waals surface area contributed by atoms with Gasteiger partial charge in [0.15, 0.2) is 0 Å². The number of thiophene rings is 1. The normalized spacial score (nSPS) is 19.1. The summed E-state index contributed by atoms with van der Waals surface area (Å²) < 4.78 is 22.5. The van der Waals surface area contributed by atoms with Crippen LogP contribution < -0.4 is 15.6 Å². The molecule has 2 aromatic heterocycles. The van der Waals surface area contributed by atoms with E-state index in [-0.39, 0.29) is 82.3 Å². The minimum absolute atomic E-state index is 0. The summed E-state index contributed by atoms with van der Waals surface area (Å²) >= 11 is 2.94. The zero-order valence-electron chi connectivity index (χ0n) is 24.9. The number of esters is 1. The zero-order valence-corrected chi connectivity index (χ0v) is 26.6. The molecule has 3 aliphatic rings. The van der Waals surface area contributed by atoms with Gasteiger partial charge in [0.05, 0.1) is 29.0 Å². The first-order chi connectivity index (χ1) is 22.2. The first kappa shape index (κ1) is 35.0. The summed E-state index contributed by atoms with van der Waals surface area (Å²) in [4.78, 5) is 68.5. The average molecular weight is 694 g/mol. The first-order valence-electron chi connectivity index (χ1n) is 14.8. The number of piperazine rings is 1. The van der Waals surface area contributed by atoms with Crippen LogP contribution >= 0.6 is 23.1 Å². The SMILES string of the molecule is CCn1cc(C(=O)OCC2=C(C(=O)O)N3CC(NC(=O)Cc4cccs4)[C@H]3SC2)c(=O)c2cc(F)c(N3CCN(C=O)CC3)cc21.[NaH]. The number of nitrogens with zero attached hydrogens (tertiary/aromatic N) is 4. The molecule has 0 spiro atoms. The number of benzene rings is 1. The molecule has 1 aromatic carbocycles. The van der Waals surface area contributed by atoms with Crippen LogP contribution in [0.2, 0.25) is 0 Å². The number of anilines is 1. The van der Waals surface area contributed by atoms with Crippen LogP contribution in [0.15, 0.2) is 51.9 Å². The Kier molecular flexibility index (Phi) is 11.0. The van der Waals surface area contributed by atoms with E-state index in [1.807, 2.05) is 29.3 Å². The monoisotopic (exact) mass is 693 g/mol. The molecule has 244 valence electrons. The van der Waals surface area contributed by atoms with Gasteiger partial charge in [0, 0.05) is 67.1 Å². The minimum atomic E-state index is -1.17. The molecule has 16 heteroatoms. The summed E-state index contributed by atoms with van der Waals surface area (Å²) in [5.74, 6) is -2.58. The number of aromatic nitrogens is 1. The fraction of sp³-hybridized carbons (Fsp3) is 0.387. The molecule has 3 aliphatic heterocycles. The van der Waals surface area contributed by atoms with Crippen LogP contribution in [0.4, 0.5) is 10.1 Å². The molecule has 2 saturated heterocycles. The first-order valence-corrected chi connectivity index (χ1v) is 16.7. The Morgan fingerprint density at radius 3 is 2.62 bits per heavy atom. The average Bonchev–Trinajstić information content (AvgIpc) is 3.55. The number of thioether (sulfide) groups is 1. The van der Waals surface area contributed by atoms with Crippen LogP contribution in [-0.2, 0) is 32.1 Å². The Hall–Kier alpha value is -3.37. The number of pyridine rings is 1. The number of aliphatic carboxylic acids is 1. The van der Waals surface area contributed by atoms with Crippen LogP contribution in [0.1, 0.15) is 22.2 Å². The maximum absolute atomic E-state index is 15.3. The molecule has 0 bridgehead atoms.